The van der Waals surface area contributed by atoms with E-state index in [1.54, 1.807) is 6.08 Å². The van der Waals surface area contributed by atoms with Crippen LogP contribution in [0.15, 0.2) is 42.7 Å². The fraction of sp³-hybridized carbons (Fsp3) is 0.571. The molecule has 2 atom stereocenters. The molecule has 1 fully saturated rings. The molecule has 0 bridgehead atoms. The van der Waals surface area contributed by atoms with E-state index < -0.39 is 0 Å². The van der Waals surface area contributed by atoms with Crippen molar-refractivity contribution >= 4 is 5.91 Å². The lowest BCUT2D eigenvalue weighted by molar-refractivity contribution is -0.132. The van der Waals surface area contributed by atoms with Crippen LogP contribution in [0.2, 0.25) is 0 Å². The van der Waals surface area contributed by atoms with E-state index >= 15 is 0 Å². The van der Waals surface area contributed by atoms with Crippen molar-refractivity contribution in [3.63, 3.8) is 0 Å². The molecular formula is C21H32N2O2. The number of carbonyl (C=O) groups is 1. The molecule has 1 aromatic rings. The summed E-state index contributed by atoms with van der Waals surface area (Å²) in [7, 11) is 0. The molecule has 0 spiro atoms. The van der Waals surface area contributed by atoms with Crippen molar-refractivity contribution < 1.29 is 9.53 Å². The van der Waals surface area contributed by atoms with Crippen molar-refractivity contribution in [2.24, 2.45) is 0 Å². The van der Waals surface area contributed by atoms with Gasteiger partial charge in [0, 0.05) is 31.2 Å². The summed E-state index contributed by atoms with van der Waals surface area (Å²) in [5.41, 5.74) is 1.40. The van der Waals surface area contributed by atoms with E-state index in [1.807, 2.05) is 4.90 Å². The molecule has 1 aromatic carbocycles. The van der Waals surface area contributed by atoms with Gasteiger partial charge >= 0.3 is 0 Å². The van der Waals surface area contributed by atoms with Crippen LogP contribution in [-0.2, 0) is 16.0 Å². The van der Waals surface area contributed by atoms with Gasteiger partial charge in [-0.25, -0.2) is 0 Å². The lowest BCUT2D eigenvalue weighted by Gasteiger charge is -2.44. The van der Waals surface area contributed by atoms with Gasteiger partial charge in [-0.3, -0.25) is 9.69 Å². The molecule has 1 aliphatic heterocycles. The first-order chi connectivity index (χ1) is 12.1. The van der Waals surface area contributed by atoms with Crippen molar-refractivity contribution in [1.82, 2.24) is 9.80 Å². The maximum absolute atomic E-state index is 12.4. The zero-order chi connectivity index (χ0) is 18.1. The van der Waals surface area contributed by atoms with E-state index in [-0.39, 0.29) is 11.9 Å². The number of piperazine rings is 1. The van der Waals surface area contributed by atoms with Gasteiger partial charge in [0.15, 0.2) is 0 Å². The zero-order valence-corrected chi connectivity index (χ0v) is 15.9. The van der Waals surface area contributed by atoms with Gasteiger partial charge in [0.1, 0.15) is 0 Å². The lowest BCUT2D eigenvalue weighted by Crippen LogP contribution is -2.58. The Balaban J connectivity index is 1.78. The van der Waals surface area contributed by atoms with E-state index in [0.29, 0.717) is 12.6 Å². The summed E-state index contributed by atoms with van der Waals surface area (Å²) in [6.07, 6.45) is 6.31. The third-order valence-corrected chi connectivity index (χ3v) is 5.06. The monoisotopic (exact) mass is 344 g/mol. The molecule has 2 rings (SSSR count). The Morgan fingerprint density at radius 3 is 2.68 bits per heavy atom. The second-order valence-electron chi connectivity index (χ2n) is 6.81. The first-order valence-corrected chi connectivity index (χ1v) is 9.50. The van der Waals surface area contributed by atoms with E-state index in [0.717, 1.165) is 38.9 Å². The molecule has 0 radical (unpaired) electrons. The summed E-state index contributed by atoms with van der Waals surface area (Å²) >= 11 is 0. The van der Waals surface area contributed by atoms with E-state index in [2.05, 4.69) is 56.0 Å². The van der Waals surface area contributed by atoms with Crippen LogP contribution >= 0.6 is 0 Å². The molecule has 1 amide bonds. The Morgan fingerprint density at radius 1 is 1.20 bits per heavy atom. The average molecular weight is 344 g/mol. The first kappa shape index (κ1) is 19.5. The van der Waals surface area contributed by atoms with Gasteiger partial charge in [0.25, 0.3) is 0 Å². The van der Waals surface area contributed by atoms with Crippen LogP contribution in [-0.4, -0.2) is 54.0 Å². The predicted molar refractivity (Wildman–Crippen MR) is 102 cm³/mol. The van der Waals surface area contributed by atoms with Crippen LogP contribution in [0, 0.1) is 0 Å². The van der Waals surface area contributed by atoms with E-state index in [1.165, 1.54) is 11.8 Å². The number of aryl methyl sites for hydroxylation is 1. The lowest BCUT2D eigenvalue weighted by atomic mass is 10.0. The number of benzene rings is 1. The van der Waals surface area contributed by atoms with Crippen molar-refractivity contribution in [3.8, 4) is 0 Å². The highest BCUT2D eigenvalue weighted by Gasteiger charge is 2.32. The van der Waals surface area contributed by atoms with Gasteiger partial charge in [-0.2, -0.15) is 0 Å². The molecule has 1 saturated heterocycles. The van der Waals surface area contributed by atoms with Crippen LogP contribution in [0.3, 0.4) is 0 Å². The summed E-state index contributed by atoms with van der Waals surface area (Å²) in [6.45, 7) is 9.89. The largest absolute Gasteiger partial charge is 0.501 e. The number of ether oxygens (including phenoxy) is 1. The van der Waals surface area contributed by atoms with Crippen LogP contribution in [0.4, 0.5) is 0 Å². The molecular weight excluding hydrogens is 312 g/mol. The van der Waals surface area contributed by atoms with Gasteiger partial charge in [-0.15, -0.1) is 0 Å². The molecule has 0 N–H and O–H groups in total. The third kappa shape index (κ3) is 5.89. The Labute approximate surface area is 152 Å². The Morgan fingerprint density at radius 2 is 1.96 bits per heavy atom. The molecule has 1 aliphatic rings. The minimum Gasteiger partial charge on any atom is -0.501 e. The minimum absolute atomic E-state index is 0.0550. The Hall–Kier alpha value is -1.81. The van der Waals surface area contributed by atoms with Crippen LogP contribution in [0.25, 0.3) is 0 Å². The quantitative estimate of drug-likeness (QED) is 0.411. The van der Waals surface area contributed by atoms with Gasteiger partial charge in [-0.05, 0) is 45.2 Å². The molecule has 25 heavy (non-hydrogen) atoms. The summed E-state index contributed by atoms with van der Waals surface area (Å²) in [6, 6.07) is 11.2. The zero-order valence-electron chi connectivity index (χ0n) is 15.9. The van der Waals surface area contributed by atoms with Crippen molar-refractivity contribution in [1.29, 1.82) is 0 Å². The second kappa shape index (κ2) is 10.2. The van der Waals surface area contributed by atoms with E-state index in [9.17, 15) is 4.79 Å². The summed E-state index contributed by atoms with van der Waals surface area (Å²) in [5.74, 6) is 0.0550. The maximum Gasteiger partial charge on any atom is 0.249 e. The normalized spacial score (nSPS) is 21.6. The fourth-order valence-corrected chi connectivity index (χ4v) is 3.35. The SMILES string of the molecule is CCCOC=CC(=O)N1CCN(CCCc2ccccc2)[C@H](C)[C@H]1C. The topological polar surface area (TPSA) is 32.8 Å². The summed E-state index contributed by atoms with van der Waals surface area (Å²) < 4.78 is 5.28. The first-order valence-electron chi connectivity index (χ1n) is 9.50. The number of nitrogens with zero attached hydrogens (tertiary/aromatic N) is 2. The third-order valence-electron chi connectivity index (χ3n) is 5.06. The Kier molecular flexibility index (Phi) is 7.99. The van der Waals surface area contributed by atoms with Gasteiger partial charge in [0.05, 0.1) is 12.9 Å². The molecule has 0 saturated carbocycles. The number of amides is 1. The highest BCUT2D eigenvalue weighted by molar-refractivity contribution is 5.87. The van der Waals surface area contributed by atoms with Gasteiger partial charge < -0.3 is 9.64 Å². The number of rotatable bonds is 8. The molecule has 4 nitrogen and oxygen atoms in total. The molecule has 0 unspecified atom stereocenters. The van der Waals surface area contributed by atoms with Crippen LogP contribution in [0.5, 0.6) is 0 Å². The van der Waals surface area contributed by atoms with Crippen molar-refractivity contribution in [2.45, 2.75) is 52.1 Å². The standard InChI is InChI=1S/C21H32N2O2/c1-4-16-25-17-12-21(24)23-15-14-22(18(2)19(23)3)13-8-11-20-9-6-5-7-10-20/h5-7,9-10,12,17-19H,4,8,11,13-16H2,1-3H3/t18-,19-/m1/s1. The fourth-order valence-electron chi connectivity index (χ4n) is 3.35. The Bertz CT molecular complexity index is 544. The van der Waals surface area contributed by atoms with Crippen LogP contribution < -0.4 is 0 Å². The molecule has 0 aliphatic carbocycles. The van der Waals surface area contributed by atoms with E-state index in [4.69, 9.17) is 4.74 Å². The smallest absolute Gasteiger partial charge is 0.249 e. The van der Waals surface area contributed by atoms with Gasteiger partial charge in [0.2, 0.25) is 5.91 Å². The predicted octanol–water partition coefficient (Wildman–Crippen LogP) is 3.48. The second-order valence-corrected chi connectivity index (χ2v) is 6.81. The molecule has 138 valence electrons. The van der Waals surface area contributed by atoms with Gasteiger partial charge in [-0.1, -0.05) is 37.3 Å². The number of hydrogen-bond donors (Lipinski definition) is 0. The van der Waals surface area contributed by atoms with Crippen LogP contribution in [0.1, 0.15) is 39.2 Å². The molecule has 4 heteroatoms. The average Bonchev–Trinajstić information content (AvgIpc) is 2.63. The molecule has 1 heterocycles. The minimum atomic E-state index is 0.0550. The molecule has 0 aromatic heterocycles. The number of hydrogen-bond acceptors (Lipinski definition) is 3. The maximum atomic E-state index is 12.4. The highest BCUT2D eigenvalue weighted by Crippen LogP contribution is 2.18. The summed E-state index contributed by atoms with van der Waals surface area (Å²) in [4.78, 5) is 16.8. The van der Waals surface area contributed by atoms with Crippen molar-refractivity contribution in [3.05, 3.63) is 48.2 Å². The highest BCUT2D eigenvalue weighted by atomic mass is 16.5. The number of carbonyl (C=O) groups excluding carboxylic acids is 1. The summed E-state index contributed by atoms with van der Waals surface area (Å²) in [5, 5.41) is 0. The van der Waals surface area contributed by atoms with Crippen molar-refractivity contribution in [2.75, 3.05) is 26.2 Å².